The molecule has 1 fully saturated rings. The lowest BCUT2D eigenvalue weighted by atomic mass is 9.87. The quantitative estimate of drug-likeness (QED) is 0.622. The van der Waals surface area contributed by atoms with Gasteiger partial charge in [0.15, 0.2) is 4.32 Å². The number of hydrazine groups is 1. The molecule has 0 unspecified atom stereocenters. The summed E-state index contributed by atoms with van der Waals surface area (Å²) in [6, 6.07) is 11.0. The SMILES string of the molecule is CC(C)(C)c1ccc(C(=O)NN2C(=O)/C(=C/c3ccc[nH]3)SC2=S)cc1. The van der Waals surface area contributed by atoms with Crippen molar-refractivity contribution in [2.45, 2.75) is 26.2 Å². The molecule has 2 heterocycles. The Morgan fingerprint density at radius 2 is 1.92 bits per heavy atom. The van der Waals surface area contributed by atoms with E-state index in [0.717, 1.165) is 28.0 Å². The van der Waals surface area contributed by atoms with Crippen LogP contribution in [0.5, 0.6) is 0 Å². The predicted molar refractivity (Wildman–Crippen MR) is 108 cm³/mol. The third kappa shape index (κ3) is 3.89. The Morgan fingerprint density at radius 3 is 2.50 bits per heavy atom. The molecule has 0 spiro atoms. The molecule has 0 atom stereocenters. The van der Waals surface area contributed by atoms with Crippen molar-refractivity contribution in [2.75, 3.05) is 0 Å². The molecule has 0 aliphatic carbocycles. The smallest absolute Gasteiger partial charge is 0.285 e. The maximum absolute atomic E-state index is 12.5. The Hall–Kier alpha value is -2.38. The van der Waals surface area contributed by atoms with E-state index in [0.29, 0.717) is 14.8 Å². The van der Waals surface area contributed by atoms with Crippen molar-refractivity contribution in [3.05, 3.63) is 64.3 Å². The van der Waals surface area contributed by atoms with Gasteiger partial charge in [0.1, 0.15) is 0 Å². The first kappa shape index (κ1) is 18.4. The molecular formula is C19H19N3O2S2. The van der Waals surface area contributed by atoms with Crippen molar-refractivity contribution >= 4 is 46.2 Å². The minimum Gasteiger partial charge on any atom is -0.362 e. The van der Waals surface area contributed by atoms with Crippen molar-refractivity contribution in [3.63, 3.8) is 0 Å². The summed E-state index contributed by atoms with van der Waals surface area (Å²) in [7, 11) is 0. The Balaban J connectivity index is 1.73. The lowest BCUT2D eigenvalue weighted by Gasteiger charge is -2.19. The number of carbonyl (C=O) groups is 2. The standard InChI is InChI=1S/C19H19N3O2S2/c1-19(2,3)13-8-6-12(7-9-13)16(23)21-22-17(24)15(26-18(22)25)11-14-5-4-10-20-14/h4-11,20H,1-3H3,(H,21,23)/b15-11-. The van der Waals surface area contributed by atoms with Gasteiger partial charge in [0.2, 0.25) is 0 Å². The molecule has 0 bridgehead atoms. The van der Waals surface area contributed by atoms with Crippen LogP contribution in [0.15, 0.2) is 47.5 Å². The second-order valence-electron chi connectivity index (χ2n) is 6.91. The van der Waals surface area contributed by atoms with Gasteiger partial charge in [-0.3, -0.25) is 15.0 Å². The summed E-state index contributed by atoms with van der Waals surface area (Å²) in [5.74, 6) is -0.711. The zero-order chi connectivity index (χ0) is 18.9. The Labute approximate surface area is 161 Å². The van der Waals surface area contributed by atoms with Crippen LogP contribution < -0.4 is 5.43 Å². The normalized spacial score (nSPS) is 16.4. The first-order chi connectivity index (χ1) is 12.3. The second kappa shape index (κ2) is 7.09. The molecule has 2 aromatic rings. The minimum absolute atomic E-state index is 0.00957. The molecule has 2 amide bonds. The van der Waals surface area contributed by atoms with Gasteiger partial charge in [0.05, 0.1) is 4.91 Å². The van der Waals surface area contributed by atoms with Crippen LogP contribution in [0.4, 0.5) is 0 Å². The van der Waals surface area contributed by atoms with Gasteiger partial charge in [-0.2, -0.15) is 5.01 Å². The summed E-state index contributed by atoms with van der Waals surface area (Å²) in [5.41, 5.74) is 5.01. The molecule has 1 aliphatic rings. The fourth-order valence-corrected chi connectivity index (χ4v) is 3.60. The van der Waals surface area contributed by atoms with Gasteiger partial charge in [0, 0.05) is 17.5 Å². The number of hydrogen-bond donors (Lipinski definition) is 2. The maximum atomic E-state index is 12.5. The van der Waals surface area contributed by atoms with E-state index in [9.17, 15) is 9.59 Å². The van der Waals surface area contributed by atoms with Crippen LogP contribution in [-0.2, 0) is 10.2 Å². The molecule has 2 N–H and O–H groups in total. The largest absolute Gasteiger partial charge is 0.362 e. The zero-order valence-electron chi connectivity index (χ0n) is 14.7. The molecule has 1 aliphatic heterocycles. The summed E-state index contributed by atoms with van der Waals surface area (Å²) < 4.78 is 0.299. The average Bonchev–Trinajstić information content (AvgIpc) is 3.18. The van der Waals surface area contributed by atoms with Crippen LogP contribution in [0.2, 0.25) is 0 Å². The third-order valence-corrected chi connectivity index (χ3v) is 5.23. The van der Waals surface area contributed by atoms with Crippen LogP contribution >= 0.6 is 24.0 Å². The Morgan fingerprint density at radius 1 is 1.23 bits per heavy atom. The highest BCUT2D eigenvalue weighted by atomic mass is 32.2. The predicted octanol–water partition coefficient (Wildman–Crippen LogP) is 3.86. The Kier molecular flexibility index (Phi) is 5.02. The molecule has 3 rings (SSSR count). The van der Waals surface area contributed by atoms with E-state index in [1.54, 1.807) is 24.4 Å². The number of nitrogens with one attached hydrogen (secondary N) is 2. The van der Waals surface area contributed by atoms with Crippen molar-refractivity contribution in [1.29, 1.82) is 0 Å². The number of aromatic nitrogens is 1. The summed E-state index contributed by atoms with van der Waals surface area (Å²) in [6.07, 6.45) is 3.49. The summed E-state index contributed by atoms with van der Waals surface area (Å²) >= 11 is 6.39. The van der Waals surface area contributed by atoms with Crippen molar-refractivity contribution in [1.82, 2.24) is 15.4 Å². The van der Waals surface area contributed by atoms with E-state index in [2.05, 4.69) is 31.2 Å². The lowest BCUT2D eigenvalue weighted by molar-refractivity contribution is -0.123. The number of H-pyrrole nitrogens is 1. The maximum Gasteiger partial charge on any atom is 0.285 e. The van der Waals surface area contributed by atoms with E-state index >= 15 is 0 Å². The van der Waals surface area contributed by atoms with Gasteiger partial charge < -0.3 is 4.98 Å². The molecule has 1 aromatic carbocycles. The monoisotopic (exact) mass is 385 g/mol. The highest BCUT2D eigenvalue weighted by Gasteiger charge is 2.33. The van der Waals surface area contributed by atoms with Crippen LogP contribution in [0.25, 0.3) is 6.08 Å². The van der Waals surface area contributed by atoms with Gasteiger partial charge in [-0.05, 0) is 53.5 Å². The lowest BCUT2D eigenvalue weighted by Crippen LogP contribution is -2.44. The van der Waals surface area contributed by atoms with E-state index in [1.807, 2.05) is 24.3 Å². The number of rotatable bonds is 3. The number of carbonyl (C=O) groups excluding carboxylic acids is 2. The Bertz CT molecular complexity index is 879. The molecule has 0 radical (unpaired) electrons. The van der Waals surface area contributed by atoms with E-state index in [-0.39, 0.29) is 17.2 Å². The number of thioether (sulfide) groups is 1. The van der Waals surface area contributed by atoms with Crippen molar-refractivity contribution in [2.24, 2.45) is 0 Å². The molecule has 7 heteroatoms. The fraction of sp³-hybridized carbons (Fsp3) is 0.211. The van der Waals surface area contributed by atoms with Gasteiger partial charge in [-0.15, -0.1) is 0 Å². The third-order valence-electron chi connectivity index (χ3n) is 3.93. The van der Waals surface area contributed by atoms with Crippen LogP contribution in [-0.4, -0.2) is 26.1 Å². The fourth-order valence-electron chi connectivity index (χ4n) is 2.43. The number of aromatic amines is 1. The molecular weight excluding hydrogens is 366 g/mol. The van der Waals surface area contributed by atoms with Crippen LogP contribution in [0.3, 0.4) is 0 Å². The zero-order valence-corrected chi connectivity index (χ0v) is 16.3. The van der Waals surface area contributed by atoms with E-state index in [4.69, 9.17) is 12.2 Å². The van der Waals surface area contributed by atoms with Crippen molar-refractivity contribution < 1.29 is 9.59 Å². The summed E-state index contributed by atoms with van der Waals surface area (Å²) in [4.78, 5) is 28.5. The topological polar surface area (TPSA) is 65.2 Å². The van der Waals surface area contributed by atoms with Gasteiger partial charge in [-0.25, -0.2) is 0 Å². The number of thiocarbonyl (C=S) groups is 1. The molecule has 0 saturated carbocycles. The molecule has 26 heavy (non-hydrogen) atoms. The molecule has 1 aromatic heterocycles. The van der Waals surface area contributed by atoms with E-state index in [1.165, 1.54) is 0 Å². The van der Waals surface area contributed by atoms with Crippen molar-refractivity contribution in [3.8, 4) is 0 Å². The van der Waals surface area contributed by atoms with Gasteiger partial charge >= 0.3 is 0 Å². The van der Waals surface area contributed by atoms with Crippen LogP contribution in [0, 0.1) is 0 Å². The second-order valence-corrected chi connectivity index (χ2v) is 8.59. The first-order valence-corrected chi connectivity index (χ1v) is 9.31. The molecule has 1 saturated heterocycles. The van der Waals surface area contributed by atoms with Crippen LogP contribution in [0.1, 0.15) is 42.4 Å². The van der Waals surface area contributed by atoms with E-state index < -0.39 is 0 Å². The molecule has 134 valence electrons. The molecule has 5 nitrogen and oxygen atoms in total. The summed E-state index contributed by atoms with van der Waals surface area (Å²) in [6.45, 7) is 6.33. The minimum atomic E-state index is -0.372. The number of amides is 2. The number of nitrogens with zero attached hydrogens (tertiary/aromatic N) is 1. The number of benzene rings is 1. The van der Waals surface area contributed by atoms with Gasteiger partial charge in [0.25, 0.3) is 11.8 Å². The number of hydrogen-bond acceptors (Lipinski definition) is 4. The first-order valence-electron chi connectivity index (χ1n) is 8.08. The summed E-state index contributed by atoms with van der Waals surface area (Å²) in [5, 5.41) is 1.12. The highest BCUT2D eigenvalue weighted by molar-refractivity contribution is 8.26. The highest BCUT2D eigenvalue weighted by Crippen LogP contribution is 2.31. The van der Waals surface area contributed by atoms with Gasteiger partial charge in [-0.1, -0.05) is 44.7 Å². The average molecular weight is 386 g/mol.